The molecule has 0 bridgehead atoms. The van der Waals surface area contributed by atoms with E-state index in [1.165, 1.54) is 12.1 Å². The number of anilines is 1. The molecule has 0 aliphatic carbocycles. The van der Waals surface area contributed by atoms with E-state index in [1.54, 1.807) is 6.07 Å². The Kier molecular flexibility index (Phi) is 2.91. The van der Waals surface area contributed by atoms with Gasteiger partial charge in [0, 0.05) is 32.7 Å². The van der Waals surface area contributed by atoms with Crippen LogP contribution in [-0.4, -0.2) is 35.7 Å². The molecule has 1 saturated heterocycles. The molecular formula is C13H17FN4. The summed E-state index contributed by atoms with van der Waals surface area (Å²) in [6.45, 7) is 3.96. The van der Waals surface area contributed by atoms with E-state index in [0.717, 1.165) is 49.6 Å². The number of halogens is 1. The van der Waals surface area contributed by atoms with Crippen molar-refractivity contribution >= 4 is 17.0 Å². The van der Waals surface area contributed by atoms with Crippen LogP contribution in [0.5, 0.6) is 0 Å². The van der Waals surface area contributed by atoms with Crippen molar-refractivity contribution in [2.75, 3.05) is 31.1 Å². The van der Waals surface area contributed by atoms with E-state index in [9.17, 15) is 4.39 Å². The number of nitrogens with zero attached hydrogens (tertiary/aromatic N) is 3. The van der Waals surface area contributed by atoms with Gasteiger partial charge in [-0.2, -0.15) is 0 Å². The van der Waals surface area contributed by atoms with Gasteiger partial charge in [0.1, 0.15) is 5.82 Å². The van der Waals surface area contributed by atoms with Crippen molar-refractivity contribution in [3.8, 4) is 0 Å². The highest BCUT2D eigenvalue weighted by Gasteiger charge is 2.16. The number of aryl methyl sites for hydroxylation is 1. The first kappa shape index (κ1) is 11.5. The lowest BCUT2D eigenvalue weighted by Crippen LogP contribution is -2.29. The first-order valence-electron chi connectivity index (χ1n) is 6.33. The predicted molar refractivity (Wildman–Crippen MR) is 70.4 cm³/mol. The number of hydrogen-bond acceptors (Lipinski definition) is 3. The molecule has 2 heterocycles. The average Bonchev–Trinajstić information content (AvgIpc) is 2.57. The van der Waals surface area contributed by atoms with Gasteiger partial charge in [0.15, 0.2) is 0 Å². The molecular weight excluding hydrogens is 231 g/mol. The third-order valence-corrected chi connectivity index (χ3v) is 3.44. The van der Waals surface area contributed by atoms with Crippen LogP contribution < -0.4 is 10.2 Å². The van der Waals surface area contributed by atoms with Crippen molar-refractivity contribution in [2.45, 2.75) is 6.42 Å². The van der Waals surface area contributed by atoms with E-state index in [1.807, 2.05) is 11.6 Å². The number of nitrogens with one attached hydrogen (secondary N) is 1. The molecule has 3 rings (SSSR count). The number of hydrogen-bond donors (Lipinski definition) is 1. The highest BCUT2D eigenvalue weighted by atomic mass is 19.1. The molecule has 18 heavy (non-hydrogen) atoms. The maximum Gasteiger partial charge on any atom is 0.206 e. The average molecular weight is 248 g/mol. The van der Waals surface area contributed by atoms with Gasteiger partial charge in [-0.1, -0.05) is 0 Å². The summed E-state index contributed by atoms with van der Waals surface area (Å²) >= 11 is 0. The zero-order valence-electron chi connectivity index (χ0n) is 10.5. The summed E-state index contributed by atoms with van der Waals surface area (Å²) < 4.78 is 15.3. The maximum absolute atomic E-state index is 13.2. The third-order valence-electron chi connectivity index (χ3n) is 3.44. The molecule has 0 radical (unpaired) electrons. The van der Waals surface area contributed by atoms with Crippen molar-refractivity contribution in [3.63, 3.8) is 0 Å². The standard InChI is InChI=1S/C13H17FN4/c1-17-12-4-3-10(14)9-11(12)16-13(17)18-7-2-5-15-6-8-18/h3-4,9,15H,2,5-8H2,1H3. The van der Waals surface area contributed by atoms with Crippen LogP contribution in [0.4, 0.5) is 10.3 Å². The fourth-order valence-corrected chi connectivity index (χ4v) is 2.49. The zero-order valence-corrected chi connectivity index (χ0v) is 10.5. The van der Waals surface area contributed by atoms with Crippen molar-refractivity contribution in [1.82, 2.24) is 14.9 Å². The van der Waals surface area contributed by atoms with Crippen LogP contribution in [0.3, 0.4) is 0 Å². The van der Waals surface area contributed by atoms with Gasteiger partial charge in [0.25, 0.3) is 0 Å². The zero-order chi connectivity index (χ0) is 12.5. The Hall–Kier alpha value is -1.62. The molecule has 0 amide bonds. The summed E-state index contributed by atoms with van der Waals surface area (Å²) in [4.78, 5) is 6.82. The molecule has 0 atom stereocenters. The molecule has 2 aromatic rings. The quantitative estimate of drug-likeness (QED) is 0.830. The van der Waals surface area contributed by atoms with E-state index in [4.69, 9.17) is 0 Å². The number of imidazole rings is 1. The minimum Gasteiger partial charge on any atom is -0.341 e. The molecule has 1 fully saturated rings. The maximum atomic E-state index is 13.2. The van der Waals surface area contributed by atoms with Crippen LogP contribution in [0.1, 0.15) is 6.42 Å². The Morgan fingerprint density at radius 3 is 3.06 bits per heavy atom. The molecule has 1 aliphatic rings. The fourth-order valence-electron chi connectivity index (χ4n) is 2.49. The second-order valence-electron chi connectivity index (χ2n) is 4.69. The largest absolute Gasteiger partial charge is 0.341 e. The van der Waals surface area contributed by atoms with Gasteiger partial charge in [0.05, 0.1) is 11.0 Å². The number of benzene rings is 1. The van der Waals surface area contributed by atoms with Crippen molar-refractivity contribution < 1.29 is 4.39 Å². The predicted octanol–water partition coefficient (Wildman–Crippen LogP) is 1.51. The van der Waals surface area contributed by atoms with Crippen LogP contribution in [0, 0.1) is 5.82 Å². The summed E-state index contributed by atoms with van der Waals surface area (Å²) in [6, 6.07) is 4.77. The number of rotatable bonds is 1. The number of aromatic nitrogens is 2. The van der Waals surface area contributed by atoms with E-state index < -0.39 is 0 Å². The topological polar surface area (TPSA) is 33.1 Å². The Morgan fingerprint density at radius 2 is 2.17 bits per heavy atom. The second-order valence-corrected chi connectivity index (χ2v) is 4.69. The SMILES string of the molecule is Cn1c(N2CCCNCC2)nc2cc(F)ccc21. The molecule has 0 unspecified atom stereocenters. The van der Waals surface area contributed by atoms with E-state index in [2.05, 4.69) is 15.2 Å². The van der Waals surface area contributed by atoms with Crippen LogP contribution in [0.15, 0.2) is 18.2 Å². The van der Waals surface area contributed by atoms with Crippen LogP contribution >= 0.6 is 0 Å². The van der Waals surface area contributed by atoms with Gasteiger partial charge in [-0.15, -0.1) is 0 Å². The van der Waals surface area contributed by atoms with Crippen LogP contribution in [0.2, 0.25) is 0 Å². The smallest absolute Gasteiger partial charge is 0.206 e. The summed E-state index contributed by atoms with van der Waals surface area (Å²) in [5.74, 6) is 0.698. The van der Waals surface area contributed by atoms with Gasteiger partial charge < -0.3 is 14.8 Å². The van der Waals surface area contributed by atoms with Crippen LogP contribution in [-0.2, 0) is 7.05 Å². The molecule has 96 valence electrons. The first-order chi connectivity index (χ1) is 8.75. The first-order valence-corrected chi connectivity index (χ1v) is 6.33. The van der Waals surface area contributed by atoms with Crippen molar-refractivity contribution in [3.05, 3.63) is 24.0 Å². The molecule has 4 nitrogen and oxygen atoms in total. The molecule has 1 N–H and O–H groups in total. The normalized spacial score (nSPS) is 17.1. The molecule has 0 spiro atoms. The molecule has 1 aromatic carbocycles. The summed E-state index contributed by atoms with van der Waals surface area (Å²) in [5, 5.41) is 3.37. The second kappa shape index (κ2) is 4.57. The highest BCUT2D eigenvalue weighted by molar-refractivity contribution is 5.78. The number of fused-ring (bicyclic) bond motifs is 1. The lowest BCUT2D eigenvalue weighted by atomic mass is 10.3. The lowest BCUT2D eigenvalue weighted by Gasteiger charge is -2.20. The lowest BCUT2D eigenvalue weighted by molar-refractivity contribution is 0.629. The van der Waals surface area contributed by atoms with Gasteiger partial charge >= 0.3 is 0 Å². The van der Waals surface area contributed by atoms with Crippen molar-refractivity contribution in [2.24, 2.45) is 7.05 Å². The Morgan fingerprint density at radius 1 is 1.28 bits per heavy atom. The monoisotopic (exact) mass is 248 g/mol. The van der Waals surface area contributed by atoms with Gasteiger partial charge in [-0.25, -0.2) is 9.37 Å². The van der Waals surface area contributed by atoms with Gasteiger partial charge in [-0.05, 0) is 25.1 Å². The Balaban J connectivity index is 2.02. The molecule has 5 heteroatoms. The summed E-state index contributed by atoms with van der Waals surface area (Å²) in [6.07, 6.45) is 1.11. The van der Waals surface area contributed by atoms with Gasteiger partial charge in [-0.3, -0.25) is 0 Å². The molecule has 0 saturated carbocycles. The van der Waals surface area contributed by atoms with E-state index in [0.29, 0.717) is 0 Å². The summed E-state index contributed by atoms with van der Waals surface area (Å²) in [5.41, 5.74) is 1.70. The molecule has 1 aromatic heterocycles. The highest BCUT2D eigenvalue weighted by Crippen LogP contribution is 2.22. The minimum absolute atomic E-state index is 0.232. The Labute approximate surface area is 105 Å². The van der Waals surface area contributed by atoms with Crippen molar-refractivity contribution in [1.29, 1.82) is 0 Å². The fraction of sp³-hybridized carbons (Fsp3) is 0.462. The molecule has 1 aliphatic heterocycles. The van der Waals surface area contributed by atoms with Crippen LogP contribution in [0.25, 0.3) is 11.0 Å². The van der Waals surface area contributed by atoms with Gasteiger partial charge in [0.2, 0.25) is 5.95 Å². The van der Waals surface area contributed by atoms with E-state index in [-0.39, 0.29) is 5.82 Å². The third kappa shape index (κ3) is 1.95. The minimum atomic E-state index is -0.232. The Bertz CT molecular complexity index is 555. The summed E-state index contributed by atoms with van der Waals surface area (Å²) in [7, 11) is 1.99. The van der Waals surface area contributed by atoms with E-state index >= 15 is 0 Å².